The highest BCUT2D eigenvalue weighted by atomic mass is 35.5. The van der Waals surface area contributed by atoms with E-state index in [1.807, 2.05) is 0 Å². The first kappa shape index (κ1) is 23.9. The summed E-state index contributed by atoms with van der Waals surface area (Å²) in [5, 5.41) is 3.13. The van der Waals surface area contributed by atoms with E-state index in [4.69, 9.17) is 11.6 Å². The van der Waals surface area contributed by atoms with Crippen LogP contribution < -0.4 is 5.32 Å². The van der Waals surface area contributed by atoms with Gasteiger partial charge in [0.05, 0.1) is 17.0 Å². The van der Waals surface area contributed by atoms with Crippen molar-refractivity contribution in [3.63, 3.8) is 0 Å². The van der Waals surface area contributed by atoms with Crippen LogP contribution >= 0.6 is 11.6 Å². The van der Waals surface area contributed by atoms with Crippen molar-refractivity contribution in [1.82, 2.24) is 4.90 Å². The van der Waals surface area contributed by atoms with Gasteiger partial charge in [0.15, 0.2) is 0 Å². The molecule has 1 N–H and O–H groups in total. The van der Waals surface area contributed by atoms with Crippen LogP contribution in [-0.2, 0) is 17.1 Å². The summed E-state index contributed by atoms with van der Waals surface area (Å²) in [4.78, 5) is 26.4. The molecule has 32 heavy (non-hydrogen) atoms. The lowest BCUT2D eigenvalue weighted by Crippen LogP contribution is -2.43. The molecular formula is C21H17ClF6N2O2. The van der Waals surface area contributed by atoms with Crippen LogP contribution in [0.4, 0.5) is 32.0 Å². The molecule has 0 spiro atoms. The molecule has 11 heteroatoms. The summed E-state index contributed by atoms with van der Waals surface area (Å²) < 4.78 is 78.5. The number of hydrogen-bond donors (Lipinski definition) is 1. The van der Waals surface area contributed by atoms with Gasteiger partial charge in [-0.2, -0.15) is 26.3 Å². The molecule has 4 nitrogen and oxygen atoms in total. The maximum absolute atomic E-state index is 13.1. The minimum atomic E-state index is -5.06. The Balaban J connectivity index is 1.79. The number of benzene rings is 2. The second kappa shape index (κ2) is 9.01. The van der Waals surface area contributed by atoms with Gasteiger partial charge in [-0.1, -0.05) is 11.6 Å². The summed E-state index contributed by atoms with van der Waals surface area (Å²) >= 11 is 5.79. The number of amides is 2. The van der Waals surface area contributed by atoms with Crippen LogP contribution in [0.1, 0.15) is 34.3 Å². The molecule has 0 aromatic heterocycles. The predicted molar refractivity (Wildman–Crippen MR) is 105 cm³/mol. The van der Waals surface area contributed by atoms with E-state index in [1.165, 1.54) is 0 Å². The van der Waals surface area contributed by atoms with Crippen LogP contribution in [-0.4, -0.2) is 29.8 Å². The van der Waals surface area contributed by atoms with Crippen LogP contribution in [0.15, 0.2) is 42.5 Å². The molecular weight excluding hydrogens is 462 g/mol. The van der Waals surface area contributed by atoms with Gasteiger partial charge < -0.3 is 10.2 Å². The summed E-state index contributed by atoms with van der Waals surface area (Å²) in [6.07, 6.45) is -9.33. The molecule has 2 amide bonds. The van der Waals surface area contributed by atoms with Crippen LogP contribution in [0.25, 0.3) is 0 Å². The third-order valence-corrected chi connectivity index (χ3v) is 5.28. The number of piperidine rings is 1. The molecule has 0 radical (unpaired) electrons. The van der Waals surface area contributed by atoms with E-state index in [9.17, 15) is 35.9 Å². The van der Waals surface area contributed by atoms with Crippen molar-refractivity contribution in [1.29, 1.82) is 0 Å². The van der Waals surface area contributed by atoms with Crippen LogP contribution in [0.5, 0.6) is 0 Å². The van der Waals surface area contributed by atoms with Crippen molar-refractivity contribution in [3.05, 3.63) is 64.2 Å². The fourth-order valence-electron chi connectivity index (χ4n) is 3.41. The molecule has 3 rings (SSSR count). The highest BCUT2D eigenvalue weighted by Crippen LogP contribution is 2.36. The molecule has 1 unspecified atom stereocenters. The topological polar surface area (TPSA) is 49.4 Å². The van der Waals surface area contributed by atoms with E-state index in [2.05, 4.69) is 5.32 Å². The van der Waals surface area contributed by atoms with Crippen LogP contribution in [0.2, 0.25) is 5.02 Å². The summed E-state index contributed by atoms with van der Waals surface area (Å²) in [6.45, 7) is -0.0169. The quantitative estimate of drug-likeness (QED) is 0.561. The van der Waals surface area contributed by atoms with Gasteiger partial charge in [0, 0.05) is 29.4 Å². The van der Waals surface area contributed by atoms with Crippen LogP contribution in [0, 0.1) is 5.92 Å². The molecule has 1 saturated heterocycles. The zero-order valence-electron chi connectivity index (χ0n) is 16.4. The Morgan fingerprint density at radius 3 is 2.03 bits per heavy atom. The zero-order valence-corrected chi connectivity index (χ0v) is 17.1. The number of rotatable bonds is 3. The number of halogens is 7. The molecule has 1 aliphatic rings. The lowest BCUT2D eigenvalue weighted by atomic mass is 9.95. The predicted octanol–water partition coefficient (Wildman–Crippen LogP) is 5.87. The number of hydrogen-bond acceptors (Lipinski definition) is 2. The average Bonchev–Trinajstić information content (AvgIpc) is 2.73. The maximum atomic E-state index is 13.1. The van der Waals surface area contributed by atoms with Crippen molar-refractivity contribution in [2.75, 3.05) is 18.4 Å². The minimum absolute atomic E-state index is 0.0324. The fraction of sp³-hybridized carbons (Fsp3) is 0.333. The first-order valence-corrected chi connectivity index (χ1v) is 9.87. The van der Waals surface area contributed by atoms with E-state index in [-0.39, 0.29) is 19.2 Å². The summed E-state index contributed by atoms with van der Waals surface area (Å²) in [5.41, 5.74) is -3.39. The standard InChI is InChI=1S/C21H17ClF6N2O2/c22-16-3-5-17(6-4-16)29-18(31)12-2-1-7-30(11-12)19(32)13-8-14(20(23,24)25)10-15(9-13)21(26,27)28/h3-6,8-10,12H,1-2,7,11H2,(H,29,31). The van der Waals surface area contributed by atoms with Crippen LogP contribution in [0.3, 0.4) is 0 Å². The molecule has 0 aliphatic carbocycles. The molecule has 2 aromatic rings. The number of alkyl halides is 6. The third kappa shape index (κ3) is 5.73. The van der Waals surface area contributed by atoms with E-state index in [1.54, 1.807) is 24.3 Å². The van der Waals surface area contributed by atoms with Crippen molar-refractivity contribution in [2.45, 2.75) is 25.2 Å². The Morgan fingerprint density at radius 1 is 0.938 bits per heavy atom. The van der Waals surface area contributed by atoms with E-state index >= 15 is 0 Å². The van der Waals surface area contributed by atoms with Crippen molar-refractivity contribution in [3.8, 4) is 0 Å². The number of nitrogens with zero attached hydrogens (tertiary/aromatic N) is 1. The number of carbonyl (C=O) groups excluding carboxylic acids is 2. The molecule has 1 aliphatic heterocycles. The Morgan fingerprint density at radius 2 is 1.50 bits per heavy atom. The Labute approximate surface area is 184 Å². The Kier molecular flexibility index (Phi) is 6.73. The van der Waals surface area contributed by atoms with Gasteiger partial charge in [-0.3, -0.25) is 9.59 Å². The summed E-state index contributed by atoms with van der Waals surface area (Å²) in [6, 6.07) is 7.05. The number of nitrogens with one attached hydrogen (secondary N) is 1. The summed E-state index contributed by atoms with van der Waals surface area (Å²) in [7, 11) is 0. The molecule has 0 saturated carbocycles. The molecule has 1 fully saturated rings. The Bertz CT molecular complexity index is 973. The first-order chi connectivity index (χ1) is 14.8. The second-order valence-electron chi connectivity index (χ2n) is 7.38. The van der Waals surface area contributed by atoms with E-state index < -0.39 is 46.8 Å². The Hall–Kier alpha value is -2.75. The monoisotopic (exact) mass is 478 g/mol. The van der Waals surface area contributed by atoms with Crippen molar-refractivity contribution < 1.29 is 35.9 Å². The fourth-order valence-corrected chi connectivity index (χ4v) is 3.54. The maximum Gasteiger partial charge on any atom is 0.416 e. The number of likely N-dealkylation sites (tertiary alicyclic amines) is 1. The number of carbonyl (C=O) groups is 2. The van der Waals surface area contributed by atoms with Crippen molar-refractivity contribution in [2.24, 2.45) is 5.92 Å². The lowest BCUT2D eigenvalue weighted by Gasteiger charge is -2.32. The normalized spacial score (nSPS) is 17.2. The highest BCUT2D eigenvalue weighted by Gasteiger charge is 2.38. The molecule has 2 aromatic carbocycles. The zero-order chi connectivity index (χ0) is 23.7. The SMILES string of the molecule is O=C(Nc1ccc(Cl)cc1)C1CCCN(C(=O)c2cc(C(F)(F)F)cc(C(F)(F)F)c2)C1. The van der Waals surface area contributed by atoms with Crippen molar-refractivity contribution >= 4 is 29.1 Å². The van der Waals surface area contributed by atoms with Gasteiger partial charge in [0.25, 0.3) is 5.91 Å². The van der Waals surface area contributed by atoms with E-state index in [0.717, 1.165) is 4.90 Å². The summed E-state index contributed by atoms with van der Waals surface area (Å²) in [5.74, 6) is -2.08. The van der Waals surface area contributed by atoms with Gasteiger partial charge in [-0.15, -0.1) is 0 Å². The molecule has 1 heterocycles. The number of anilines is 1. The highest BCUT2D eigenvalue weighted by molar-refractivity contribution is 6.30. The van der Waals surface area contributed by atoms with Gasteiger partial charge >= 0.3 is 12.4 Å². The molecule has 0 bridgehead atoms. The lowest BCUT2D eigenvalue weighted by molar-refractivity contribution is -0.143. The van der Waals surface area contributed by atoms with Gasteiger partial charge in [-0.05, 0) is 55.3 Å². The largest absolute Gasteiger partial charge is 0.416 e. The second-order valence-corrected chi connectivity index (χ2v) is 7.82. The average molecular weight is 479 g/mol. The first-order valence-electron chi connectivity index (χ1n) is 9.50. The van der Waals surface area contributed by atoms with Gasteiger partial charge in [-0.25, -0.2) is 0 Å². The molecule has 172 valence electrons. The van der Waals surface area contributed by atoms with Gasteiger partial charge in [0.2, 0.25) is 5.91 Å². The van der Waals surface area contributed by atoms with E-state index in [0.29, 0.717) is 35.7 Å². The molecule has 1 atom stereocenters. The minimum Gasteiger partial charge on any atom is -0.338 e. The third-order valence-electron chi connectivity index (χ3n) is 5.03. The smallest absolute Gasteiger partial charge is 0.338 e. The van der Waals surface area contributed by atoms with Gasteiger partial charge in [0.1, 0.15) is 0 Å².